The normalized spacial score (nSPS) is 11.8. The molecule has 4 nitrogen and oxygen atoms in total. The zero-order chi connectivity index (χ0) is 12.4. The van der Waals surface area contributed by atoms with E-state index in [2.05, 4.69) is 15.0 Å². The summed E-state index contributed by atoms with van der Waals surface area (Å²) in [6, 6.07) is 3.81. The summed E-state index contributed by atoms with van der Waals surface area (Å²) >= 11 is 6.26. The summed E-state index contributed by atoms with van der Waals surface area (Å²) in [6.07, 6.45) is 1.69. The second kappa shape index (κ2) is 4.77. The van der Waals surface area contributed by atoms with Crippen LogP contribution in [0, 0.1) is 10.9 Å². The topological polar surface area (TPSA) is 61.3 Å². The van der Waals surface area contributed by atoms with Crippen molar-refractivity contribution in [1.82, 2.24) is 9.97 Å². The number of rotatable bonds is 2. The van der Waals surface area contributed by atoms with Crippen LogP contribution in [0.5, 0.6) is 5.88 Å². The van der Waals surface area contributed by atoms with Crippen LogP contribution in [-0.2, 0) is 0 Å². The Balaban J connectivity index is 2.45. The molecule has 2 N–H and O–H groups in total. The highest BCUT2D eigenvalue weighted by Crippen LogP contribution is 2.24. The van der Waals surface area contributed by atoms with Crippen LogP contribution in [0.2, 0.25) is 0 Å². The predicted octanol–water partition coefficient (Wildman–Crippen LogP) is 3.36. The number of aromatic hydroxyl groups is 1. The van der Waals surface area contributed by atoms with Crippen LogP contribution in [0.25, 0.3) is 0 Å². The van der Waals surface area contributed by atoms with Gasteiger partial charge in [0.05, 0.1) is 5.71 Å². The minimum atomic E-state index is 0.0647. The number of aromatic nitrogens is 2. The van der Waals surface area contributed by atoms with E-state index in [1.807, 2.05) is 26.0 Å². The van der Waals surface area contributed by atoms with Gasteiger partial charge in [0, 0.05) is 6.20 Å². The second-order valence-electron chi connectivity index (χ2n) is 3.53. The quantitative estimate of drug-likeness (QED) is 0.646. The van der Waals surface area contributed by atoms with Crippen LogP contribution >= 0.6 is 23.6 Å². The maximum atomic E-state index is 9.64. The fraction of sp³-hybridized carbons (Fsp3) is 0.182. The van der Waals surface area contributed by atoms with Gasteiger partial charge in [-0.25, -0.2) is 9.98 Å². The van der Waals surface area contributed by atoms with Crippen molar-refractivity contribution in [2.24, 2.45) is 4.99 Å². The van der Waals surface area contributed by atoms with Crippen molar-refractivity contribution in [2.75, 3.05) is 0 Å². The zero-order valence-corrected chi connectivity index (χ0v) is 11.0. The van der Waals surface area contributed by atoms with E-state index >= 15 is 0 Å². The van der Waals surface area contributed by atoms with Crippen molar-refractivity contribution < 1.29 is 5.11 Å². The van der Waals surface area contributed by atoms with Crippen molar-refractivity contribution in [1.29, 1.82) is 0 Å². The molecule has 0 aliphatic carbocycles. The Kier molecular flexibility index (Phi) is 3.35. The molecule has 0 aliphatic rings. The summed E-state index contributed by atoms with van der Waals surface area (Å²) in [5.74, 6) is 0.721. The molecule has 17 heavy (non-hydrogen) atoms. The van der Waals surface area contributed by atoms with Crippen LogP contribution in [0.4, 0.5) is 5.82 Å². The summed E-state index contributed by atoms with van der Waals surface area (Å²) in [4.78, 5) is 11.9. The van der Waals surface area contributed by atoms with Crippen LogP contribution in [0.15, 0.2) is 23.3 Å². The van der Waals surface area contributed by atoms with Gasteiger partial charge in [0.15, 0.2) is 9.77 Å². The first-order valence-corrected chi connectivity index (χ1v) is 6.20. The van der Waals surface area contributed by atoms with Gasteiger partial charge < -0.3 is 10.1 Å². The van der Waals surface area contributed by atoms with Gasteiger partial charge in [-0.2, -0.15) is 0 Å². The Morgan fingerprint density at radius 3 is 2.94 bits per heavy atom. The number of hydrogen-bond donors (Lipinski definition) is 2. The average Bonchev–Trinajstić information content (AvgIpc) is 2.61. The number of pyridine rings is 1. The monoisotopic (exact) mass is 265 g/mol. The van der Waals surface area contributed by atoms with Crippen LogP contribution in [0.3, 0.4) is 0 Å². The molecule has 0 bridgehead atoms. The lowest BCUT2D eigenvalue weighted by molar-refractivity contribution is 0.456. The molecule has 0 saturated heterocycles. The largest absolute Gasteiger partial charge is 0.493 e. The number of aromatic amines is 1. The Labute approximate surface area is 108 Å². The molecule has 0 fully saturated rings. The van der Waals surface area contributed by atoms with Crippen LogP contribution in [0.1, 0.15) is 17.4 Å². The third-order valence-electron chi connectivity index (χ3n) is 2.21. The molecule has 2 rings (SSSR count). The Morgan fingerprint density at radius 1 is 1.59 bits per heavy atom. The highest BCUT2D eigenvalue weighted by molar-refractivity contribution is 7.73. The second-order valence-corrected chi connectivity index (χ2v) is 5.22. The van der Waals surface area contributed by atoms with E-state index in [4.69, 9.17) is 12.2 Å². The molecule has 6 heteroatoms. The van der Waals surface area contributed by atoms with Gasteiger partial charge in [0.1, 0.15) is 4.88 Å². The molecule has 0 aromatic carbocycles. The first-order chi connectivity index (χ1) is 8.08. The number of thiazole rings is 1. The van der Waals surface area contributed by atoms with E-state index in [0.29, 0.717) is 20.4 Å². The van der Waals surface area contributed by atoms with Crippen LogP contribution < -0.4 is 0 Å². The van der Waals surface area contributed by atoms with Crippen molar-refractivity contribution in [2.45, 2.75) is 13.8 Å². The Hall–Kier alpha value is -1.53. The highest BCUT2D eigenvalue weighted by atomic mass is 32.1. The average molecular weight is 265 g/mol. The number of aliphatic imine (C=N–C) groups is 1. The third kappa shape index (κ3) is 2.59. The van der Waals surface area contributed by atoms with Gasteiger partial charge in [-0.15, -0.1) is 0 Å². The number of nitrogens with zero attached hydrogens (tertiary/aromatic N) is 2. The van der Waals surface area contributed by atoms with Crippen molar-refractivity contribution in [3.63, 3.8) is 0 Å². The first-order valence-electron chi connectivity index (χ1n) is 4.97. The lowest BCUT2D eigenvalue weighted by Gasteiger charge is -2.00. The van der Waals surface area contributed by atoms with E-state index in [0.717, 1.165) is 5.56 Å². The number of H-pyrrole nitrogens is 1. The zero-order valence-electron chi connectivity index (χ0n) is 9.39. The standard InChI is InChI=1S/C11H11N3OS2/c1-6-4-3-5-12-9(6)13-7(2)8-10(15)14-11(16)17-8/h3-5,15H,1-2H3,(H,14,16)/b13-7+. The minimum Gasteiger partial charge on any atom is -0.493 e. The Morgan fingerprint density at radius 2 is 2.35 bits per heavy atom. The van der Waals surface area contributed by atoms with E-state index in [1.165, 1.54) is 11.3 Å². The molecule has 88 valence electrons. The van der Waals surface area contributed by atoms with Gasteiger partial charge in [-0.1, -0.05) is 17.4 Å². The fourth-order valence-corrected chi connectivity index (χ4v) is 2.39. The van der Waals surface area contributed by atoms with E-state index in [1.54, 1.807) is 6.20 Å². The molecule has 2 heterocycles. The minimum absolute atomic E-state index is 0.0647. The summed E-state index contributed by atoms with van der Waals surface area (Å²) in [5, 5.41) is 9.64. The van der Waals surface area contributed by atoms with E-state index in [9.17, 15) is 5.11 Å². The Bertz CT molecular complexity index is 628. The lowest BCUT2D eigenvalue weighted by atomic mass is 10.3. The molecule has 0 aliphatic heterocycles. The molecule has 0 radical (unpaired) electrons. The maximum Gasteiger partial charge on any atom is 0.209 e. The van der Waals surface area contributed by atoms with E-state index in [-0.39, 0.29) is 5.88 Å². The molecular weight excluding hydrogens is 254 g/mol. The molecule has 0 amide bonds. The SMILES string of the molecule is C/C(=N\c1ncccc1C)c1sc(=S)[nH]c1O. The number of aryl methyl sites for hydroxylation is 1. The maximum absolute atomic E-state index is 9.64. The highest BCUT2D eigenvalue weighted by Gasteiger charge is 2.09. The molecule has 0 spiro atoms. The summed E-state index contributed by atoms with van der Waals surface area (Å²) < 4.78 is 0.532. The number of hydrogen-bond acceptors (Lipinski definition) is 5. The molecule has 2 aromatic rings. The molecule has 0 atom stereocenters. The molecular formula is C11H11N3OS2. The fourth-order valence-electron chi connectivity index (χ4n) is 1.37. The molecule has 0 unspecified atom stereocenters. The van der Waals surface area contributed by atoms with Crippen LogP contribution in [-0.4, -0.2) is 20.8 Å². The van der Waals surface area contributed by atoms with Gasteiger partial charge in [-0.3, -0.25) is 0 Å². The molecule has 0 saturated carbocycles. The van der Waals surface area contributed by atoms with Gasteiger partial charge in [0.2, 0.25) is 5.88 Å². The smallest absolute Gasteiger partial charge is 0.209 e. The lowest BCUT2D eigenvalue weighted by Crippen LogP contribution is -1.92. The van der Waals surface area contributed by atoms with Crippen molar-refractivity contribution in [3.8, 4) is 5.88 Å². The third-order valence-corrected chi connectivity index (χ3v) is 3.55. The van der Waals surface area contributed by atoms with Crippen molar-refractivity contribution >= 4 is 35.1 Å². The number of nitrogens with one attached hydrogen (secondary N) is 1. The van der Waals surface area contributed by atoms with Gasteiger partial charge >= 0.3 is 0 Å². The first kappa shape index (κ1) is 11.9. The summed E-state index contributed by atoms with van der Waals surface area (Å²) in [6.45, 7) is 3.76. The van der Waals surface area contributed by atoms with Crippen molar-refractivity contribution in [3.05, 3.63) is 32.7 Å². The van der Waals surface area contributed by atoms with E-state index < -0.39 is 0 Å². The molecule has 2 aromatic heterocycles. The van der Waals surface area contributed by atoms with Gasteiger partial charge in [-0.05, 0) is 37.7 Å². The van der Waals surface area contributed by atoms with Gasteiger partial charge in [0.25, 0.3) is 0 Å². The summed E-state index contributed by atoms with van der Waals surface area (Å²) in [7, 11) is 0. The summed E-state index contributed by atoms with van der Waals surface area (Å²) in [5.41, 5.74) is 1.69. The predicted molar refractivity (Wildman–Crippen MR) is 72.0 cm³/mol.